The molecule has 4 heteroatoms. The van der Waals surface area contributed by atoms with Gasteiger partial charge in [-0.2, -0.15) is 0 Å². The Kier molecular flexibility index (Phi) is 5.83. The van der Waals surface area contributed by atoms with Crippen LogP contribution in [0.15, 0.2) is 0 Å². The van der Waals surface area contributed by atoms with Crippen molar-refractivity contribution < 1.29 is 9.59 Å². The van der Waals surface area contributed by atoms with Gasteiger partial charge in [-0.05, 0) is 12.8 Å². The fourth-order valence-corrected chi connectivity index (χ4v) is 3.17. The minimum Gasteiger partial charge on any atom is -0.305 e. The van der Waals surface area contributed by atoms with Crippen LogP contribution >= 0.6 is 0 Å². The molecule has 0 aromatic heterocycles. The van der Waals surface area contributed by atoms with Gasteiger partial charge in [-0.3, -0.25) is 0 Å². The molecule has 0 aromatic rings. The Morgan fingerprint density at radius 3 is 1.12 bits per heavy atom. The molecule has 2 nitrogen and oxygen atoms in total. The molecule has 0 aliphatic carbocycles. The molecule has 0 amide bonds. The van der Waals surface area contributed by atoms with Crippen LogP contribution in [-0.2, 0) is 9.59 Å². The lowest BCUT2D eigenvalue weighted by Crippen LogP contribution is -2.34. The van der Waals surface area contributed by atoms with Crippen molar-refractivity contribution >= 4 is 27.0 Å². The Labute approximate surface area is 102 Å². The topological polar surface area (TPSA) is 34.1 Å². The zero-order valence-electron chi connectivity index (χ0n) is 11.6. The van der Waals surface area contributed by atoms with E-state index in [-0.39, 0.29) is 0 Å². The molecule has 0 bridgehead atoms. The highest BCUT2D eigenvalue weighted by molar-refractivity contribution is 7.03. The van der Waals surface area contributed by atoms with E-state index in [0.29, 0.717) is 23.7 Å². The van der Waals surface area contributed by atoms with Gasteiger partial charge in [-0.25, -0.2) is 0 Å². The van der Waals surface area contributed by atoms with E-state index >= 15 is 0 Å². The number of hydrogen-bond acceptors (Lipinski definition) is 2. The van der Waals surface area contributed by atoms with E-state index in [2.05, 4.69) is 39.3 Å². The first-order chi connectivity index (χ1) is 7.05. The molecule has 0 aromatic carbocycles. The molecule has 16 heavy (non-hydrogen) atoms. The van der Waals surface area contributed by atoms with E-state index in [1.165, 1.54) is 0 Å². The van der Waals surface area contributed by atoms with E-state index in [4.69, 9.17) is 0 Å². The van der Waals surface area contributed by atoms with Gasteiger partial charge in [-0.15, -0.1) is 0 Å². The van der Waals surface area contributed by atoms with Crippen molar-refractivity contribution in [1.29, 1.82) is 0 Å². The smallest absolute Gasteiger partial charge is 0.123 e. The predicted molar refractivity (Wildman–Crippen MR) is 75.2 cm³/mol. The Bertz CT molecular complexity index is 231. The van der Waals surface area contributed by atoms with Crippen molar-refractivity contribution in [3.63, 3.8) is 0 Å². The molecular formula is C12H26O2Si2. The SMILES string of the molecule is C[Si](C)(C)C(=O)CCCCC(=O)[Si](C)(C)C. The van der Waals surface area contributed by atoms with Crippen molar-refractivity contribution in [2.75, 3.05) is 0 Å². The summed E-state index contributed by atoms with van der Waals surface area (Å²) in [6.07, 6.45) is 3.13. The van der Waals surface area contributed by atoms with Gasteiger partial charge in [0.25, 0.3) is 0 Å². The van der Waals surface area contributed by atoms with Gasteiger partial charge < -0.3 is 9.59 Å². The van der Waals surface area contributed by atoms with Gasteiger partial charge in [0.1, 0.15) is 27.0 Å². The summed E-state index contributed by atoms with van der Waals surface area (Å²) in [5.74, 6) is 0. The maximum Gasteiger partial charge on any atom is 0.123 e. The van der Waals surface area contributed by atoms with Crippen molar-refractivity contribution in [1.82, 2.24) is 0 Å². The standard InChI is InChI=1S/C12H26O2Si2/c1-15(2,3)11(13)9-7-8-10-12(14)16(4,5)6/h7-10H2,1-6H3. The summed E-state index contributed by atoms with van der Waals surface area (Å²) in [6, 6.07) is 0. The first-order valence-corrected chi connectivity index (χ1v) is 13.1. The highest BCUT2D eigenvalue weighted by Crippen LogP contribution is 2.12. The summed E-state index contributed by atoms with van der Waals surface area (Å²) in [4.78, 5) is 23.4. The summed E-state index contributed by atoms with van der Waals surface area (Å²) in [6.45, 7) is 12.5. The summed E-state index contributed by atoms with van der Waals surface area (Å²) >= 11 is 0. The van der Waals surface area contributed by atoms with Crippen LogP contribution in [0.2, 0.25) is 39.3 Å². The Hall–Kier alpha value is -0.226. The van der Waals surface area contributed by atoms with Gasteiger partial charge in [0, 0.05) is 12.8 Å². The first-order valence-electron chi connectivity index (χ1n) is 6.12. The van der Waals surface area contributed by atoms with Crippen molar-refractivity contribution in [2.45, 2.75) is 65.0 Å². The Morgan fingerprint density at radius 2 is 0.938 bits per heavy atom. The van der Waals surface area contributed by atoms with E-state index in [9.17, 15) is 9.59 Å². The van der Waals surface area contributed by atoms with E-state index in [0.717, 1.165) is 12.8 Å². The molecule has 0 N–H and O–H groups in total. The zero-order valence-corrected chi connectivity index (χ0v) is 13.6. The zero-order chi connectivity index (χ0) is 13.0. The van der Waals surface area contributed by atoms with Crippen LogP contribution in [0.25, 0.3) is 0 Å². The van der Waals surface area contributed by atoms with Crippen molar-refractivity contribution in [2.24, 2.45) is 0 Å². The molecule has 0 aliphatic rings. The number of unbranched alkanes of at least 4 members (excludes halogenated alkanes) is 1. The molecule has 0 fully saturated rings. The molecule has 0 aliphatic heterocycles. The molecule has 0 spiro atoms. The molecule has 94 valence electrons. The van der Waals surface area contributed by atoms with Gasteiger partial charge in [0.2, 0.25) is 0 Å². The molecule has 0 atom stereocenters. The second-order valence-electron chi connectivity index (χ2n) is 6.55. The number of carbonyl (C=O) groups is 2. The van der Waals surface area contributed by atoms with Crippen LogP contribution in [0.4, 0.5) is 0 Å². The minimum absolute atomic E-state index is 0.438. The maximum atomic E-state index is 11.7. The average molecular weight is 259 g/mol. The number of carbonyl (C=O) groups excluding carboxylic acids is 2. The third kappa shape index (κ3) is 6.38. The van der Waals surface area contributed by atoms with Crippen LogP contribution in [0, 0.1) is 0 Å². The lowest BCUT2D eigenvalue weighted by atomic mass is 10.2. The fourth-order valence-electron chi connectivity index (χ4n) is 1.32. The maximum absolute atomic E-state index is 11.7. The summed E-state index contributed by atoms with van der Waals surface area (Å²) < 4.78 is 0. The predicted octanol–water partition coefficient (Wildman–Crippen LogP) is 3.44. The Balaban J connectivity index is 3.79. The molecule has 0 unspecified atom stereocenters. The summed E-state index contributed by atoms with van der Waals surface area (Å²) in [7, 11) is -3.18. The third-order valence-electron chi connectivity index (χ3n) is 2.73. The molecule has 0 saturated heterocycles. The number of hydrogen-bond donors (Lipinski definition) is 0. The quantitative estimate of drug-likeness (QED) is 0.518. The summed E-state index contributed by atoms with van der Waals surface area (Å²) in [5.41, 5.74) is 0. The molecule has 0 rings (SSSR count). The molecular weight excluding hydrogens is 232 g/mol. The normalized spacial score (nSPS) is 12.6. The minimum atomic E-state index is -1.59. The van der Waals surface area contributed by atoms with Gasteiger partial charge >= 0.3 is 0 Å². The molecule has 0 saturated carbocycles. The van der Waals surface area contributed by atoms with Gasteiger partial charge in [0.15, 0.2) is 0 Å². The number of rotatable bonds is 7. The van der Waals surface area contributed by atoms with Crippen molar-refractivity contribution in [3.8, 4) is 0 Å². The van der Waals surface area contributed by atoms with Crippen LogP contribution in [0.3, 0.4) is 0 Å². The fraction of sp³-hybridized carbons (Fsp3) is 0.833. The van der Waals surface area contributed by atoms with E-state index in [1.807, 2.05) is 0 Å². The lowest BCUT2D eigenvalue weighted by molar-refractivity contribution is -0.114. The monoisotopic (exact) mass is 258 g/mol. The van der Waals surface area contributed by atoms with Crippen LogP contribution in [0.1, 0.15) is 25.7 Å². The third-order valence-corrected chi connectivity index (χ3v) is 6.58. The highest BCUT2D eigenvalue weighted by Gasteiger charge is 2.25. The van der Waals surface area contributed by atoms with Crippen LogP contribution in [-0.4, -0.2) is 27.0 Å². The second-order valence-corrected chi connectivity index (χ2v) is 16.7. The van der Waals surface area contributed by atoms with Crippen LogP contribution in [0.5, 0.6) is 0 Å². The largest absolute Gasteiger partial charge is 0.305 e. The van der Waals surface area contributed by atoms with Gasteiger partial charge in [-0.1, -0.05) is 39.3 Å². The van der Waals surface area contributed by atoms with Gasteiger partial charge in [0.05, 0.1) is 0 Å². The Morgan fingerprint density at radius 1 is 0.688 bits per heavy atom. The average Bonchev–Trinajstić information content (AvgIpc) is 2.08. The first kappa shape index (κ1) is 15.8. The molecule has 0 radical (unpaired) electrons. The molecule has 0 heterocycles. The lowest BCUT2D eigenvalue weighted by Gasteiger charge is -2.15. The van der Waals surface area contributed by atoms with E-state index < -0.39 is 16.1 Å². The highest BCUT2D eigenvalue weighted by atomic mass is 28.3. The van der Waals surface area contributed by atoms with E-state index in [1.54, 1.807) is 0 Å². The second kappa shape index (κ2) is 5.91. The van der Waals surface area contributed by atoms with Crippen molar-refractivity contribution in [3.05, 3.63) is 0 Å². The summed E-state index contributed by atoms with van der Waals surface area (Å²) in [5, 5.41) is 0.876. The van der Waals surface area contributed by atoms with Crippen LogP contribution < -0.4 is 0 Å².